The summed E-state index contributed by atoms with van der Waals surface area (Å²) in [7, 11) is 0. The number of carbonyl (C=O) groups excluding carboxylic acids is 2. The van der Waals surface area contributed by atoms with Gasteiger partial charge in [-0.25, -0.2) is 0 Å². The maximum atomic E-state index is 11.4. The van der Waals surface area contributed by atoms with Crippen molar-refractivity contribution in [3.05, 3.63) is 0 Å². The van der Waals surface area contributed by atoms with Gasteiger partial charge in [0.05, 0.1) is 6.61 Å². The molecular formula is C13H20O3. The van der Waals surface area contributed by atoms with Gasteiger partial charge in [0.1, 0.15) is 5.78 Å². The summed E-state index contributed by atoms with van der Waals surface area (Å²) < 4.78 is 5.14. The summed E-state index contributed by atoms with van der Waals surface area (Å²) in [5.74, 6) is 1.19. The maximum Gasteiger partial charge on any atom is 0.302 e. The molecule has 16 heavy (non-hydrogen) atoms. The minimum atomic E-state index is -0.195. The lowest BCUT2D eigenvalue weighted by atomic mass is 9.65. The van der Waals surface area contributed by atoms with E-state index in [1.807, 2.05) is 0 Å². The van der Waals surface area contributed by atoms with Crippen LogP contribution >= 0.6 is 0 Å². The largest absolute Gasteiger partial charge is 0.466 e. The van der Waals surface area contributed by atoms with E-state index < -0.39 is 0 Å². The zero-order chi connectivity index (χ0) is 11.8. The predicted octanol–water partition coefficient (Wildman–Crippen LogP) is 2.33. The Balaban J connectivity index is 2.01. The molecule has 0 radical (unpaired) electrons. The first-order chi connectivity index (χ1) is 7.52. The van der Waals surface area contributed by atoms with Crippen LogP contribution in [0.5, 0.6) is 0 Å². The standard InChI is InChI=1S/C13H20O3/c1-9(14)16-8-11-4-3-10-7-12(15)5-6-13(10,11)2/h10-11H,3-8H2,1-2H3. The third kappa shape index (κ3) is 2.00. The van der Waals surface area contributed by atoms with Crippen molar-refractivity contribution in [3.63, 3.8) is 0 Å². The van der Waals surface area contributed by atoms with E-state index in [4.69, 9.17) is 4.74 Å². The van der Waals surface area contributed by atoms with E-state index in [0.717, 1.165) is 25.7 Å². The van der Waals surface area contributed by atoms with Crippen molar-refractivity contribution in [3.8, 4) is 0 Å². The molecule has 0 aromatic heterocycles. The topological polar surface area (TPSA) is 43.4 Å². The van der Waals surface area contributed by atoms with Gasteiger partial charge >= 0.3 is 5.97 Å². The van der Waals surface area contributed by atoms with E-state index in [-0.39, 0.29) is 11.4 Å². The smallest absolute Gasteiger partial charge is 0.302 e. The van der Waals surface area contributed by atoms with Gasteiger partial charge < -0.3 is 4.74 Å². The van der Waals surface area contributed by atoms with Gasteiger partial charge in [0, 0.05) is 19.8 Å². The van der Waals surface area contributed by atoms with Crippen LogP contribution in [0.4, 0.5) is 0 Å². The molecule has 3 heteroatoms. The summed E-state index contributed by atoms with van der Waals surface area (Å²) in [4.78, 5) is 22.3. The molecule has 0 aromatic rings. The highest BCUT2D eigenvalue weighted by Gasteiger charge is 2.49. The summed E-state index contributed by atoms with van der Waals surface area (Å²) in [5, 5.41) is 0. The predicted molar refractivity (Wildman–Crippen MR) is 59.8 cm³/mol. The van der Waals surface area contributed by atoms with Gasteiger partial charge in [-0.2, -0.15) is 0 Å². The third-order valence-corrected chi connectivity index (χ3v) is 4.63. The second kappa shape index (κ2) is 4.19. The number of carbonyl (C=O) groups is 2. The van der Waals surface area contributed by atoms with Crippen LogP contribution in [0.3, 0.4) is 0 Å². The molecule has 3 unspecified atom stereocenters. The van der Waals surface area contributed by atoms with E-state index in [1.54, 1.807) is 0 Å². The molecule has 2 aliphatic rings. The van der Waals surface area contributed by atoms with Crippen molar-refractivity contribution in [1.29, 1.82) is 0 Å². The Morgan fingerprint density at radius 1 is 1.50 bits per heavy atom. The lowest BCUT2D eigenvalue weighted by Gasteiger charge is -2.39. The molecule has 0 aliphatic heterocycles. The SMILES string of the molecule is CC(=O)OCC1CCC2CC(=O)CCC12C. The van der Waals surface area contributed by atoms with E-state index in [0.29, 0.717) is 30.6 Å². The molecule has 2 aliphatic carbocycles. The number of rotatable bonds is 2. The highest BCUT2D eigenvalue weighted by molar-refractivity contribution is 5.79. The number of Topliss-reactive ketones (excluding diaryl/α,β-unsaturated/α-hetero) is 1. The zero-order valence-electron chi connectivity index (χ0n) is 10.1. The zero-order valence-corrected chi connectivity index (χ0v) is 10.1. The van der Waals surface area contributed by atoms with E-state index >= 15 is 0 Å². The molecule has 0 N–H and O–H groups in total. The van der Waals surface area contributed by atoms with Gasteiger partial charge in [-0.05, 0) is 36.5 Å². The van der Waals surface area contributed by atoms with Gasteiger partial charge in [-0.15, -0.1) is 0 Å². The van der Waals surface area contributed by atoms with Crippen molar-refractivity contribution in [1.82, 2.24) is 0 Å². The average molecular weight is 224 g/mol. The van der Waals surface area contributed by atoms with Crippen LogP contribution in [0.1, 0.15) is 46.0 Å². The molecule has 0 saturated heterocycles. The van der Waals surface area contributed by atoms with Crippen LogP contribution in [-0.2, 0) is 14.3 Å². The Morgan fingerprint density at radius 3 is 2.94 bits per heavy atom. The quantitative estimate of drug-likeness (QED) is 0.676. The summed E-state index contributed by atoms with van der Waals surface area (Å²) in [5.41, 5.74) is 0.226. The Kier molecular flexibility index (Phi) is 3.04. The summed E-state index contributed by atoms with van der Waals surface area (Å²) in [6, 6.07) is 0. The summed E-state index contributed by atoms with van der Waals surface area (Å²) >= 11 is 0. The lowest BCUT2D eigenvalue weighted by Crippen LogP contribution is -2.36. The third-order valence-electron chi connectivity index (χ3n) is 4.63. The monoisotopic (exact) mass is 224 g/mol. The Labute approximate surface area is 96.5 Å². The van der Waals surface area contributed by atoms with Crippen LogP contribution in [0, 0.1) is 17.3 Å². The fourth-order valence-electron chi connectivity index (χ4n) is 3.42. The van der Waals surface area contributed by atoms with E-state index in [1.165, 1.54) is 6.92 Å². The number of esters is 1. The highest BCUT2D eigenvalue weighted by Crippen LogP contribution is 2.54. The molecule has 90 valence electrons. The van der Waals surface area contributed by atoms with Crippen LogP contribution in [0.25, 0.3) is 0 Å². The van der Waals surface area contributed by atoms with Crippen molar-refractivity contribution >= 4 is 11.8 Å². The molecule has 2 saturated carbocycles. The van der Waals surface area contributed by atoms with Gasteiger partial charge in [-0.1, -0.05) is 6.92 Å². The second-order valence-electron chi connectivity index (χ2n) is 5.52. The number of hydrogen-bond acceptors (Lipinski definition) is 3. The fraction of sp³-hybridized carbons (Fsp3) is 0.846. The van der Waals surface area contributed by atoms with Gasteiger partial charge in [0.15, 0.2) is 0 Å². The first kappa shape index (κ1) is 11.6. The highest BCUT2D eigenvalue weighted by atomic mass is 16.5. The molecular weight excluding hydrogens is 204 g/mol. The first-order valence-corrected chi connectivity index (χ1v) is 6.17. The molecule has 2 fully saturated rings. The first-order valence-electron chi connectivity index (χ1n) is 6.17. The fourth-order valence-corrected chi connectivity index (χ4v) is 3.42. The number of ketones is 1. The van der Waals surface area contributed by atoms with Crippen molar-refractivity contribution in [2.24, 2.45) is 17.3 Å². The molecule has 0 spiro atoms. The molecule has 3 atom stereocenters. The number of hydrogen-bond donors (Lipinski definition) is 0. The van der Waals surface area contributed by atoms with Crippen molar-refractivity contribution in [2.75, 3.05) is 6.61 Å². The average Bonchev–Trinajstić information content (AvgIpc) is 2.53. The molecule has 0 aromatic carbocycles. The second-order valence-corrected chi connectivity index (χ2v) is 5.52. The normalized spacial score (nSPS) is 38.2. The van der Waals surface area contributed by atoms with Crippen LogP contribution in [0.2, 0.25) is 0 Å². The summed E-state index contributed by atoms with van der Waals surface area (Å²) in [6.45, 7) is 4.26. The minimum Gasteiger partial charge on any atom is -0.466 e. The molecule has 3 nitrogen and oxygen atoms in total. The van der Waals surface area contributed by atoms with Crippen LogP contribution in [-0.4, -0.2) is 18.4 Å². The Hall–Kier alpha value is -0.860. The summed E-state index contributed by atoms with van der Waals surface area (Å²) in [6.07, 6.45) is 4.65. The van der Waals surface area contributed by atoms with Crippen LogP contribution < -0.4 is 0 Å². The van der Waals surface area contributed by atoms with Gasteiger partial charge in [-0.3, -0.25) is 9.59 Å². The van der Waals surface area contributed by atoms with Crippen LogP contribution in [0.15, 0.2) is 0 Å². The van der Waals surface area contributed by atoms with Crippen molar-refractivity contribution < 1.29 is 14.3 Å². The Morgan fingerprint density at radius 2 is 2.25 bits per heavy atom. The molecule has 0 bridgehead atoms. The Bertz CT molecular complexity index is 310. The molecule has 0 amide bonds. The number of ether oxygens (including phenoxy) is 1. The van der Waals surface area contributed by atoms with E-state index in [2.05, 4.69) is 6.92 Å². The van der Waals surface area contributed by atoms with E-state index in [9.17, 15) is 9.59 Å². The molecule has 2 rings (SSSR count). The van der Waals surface area contributed by atoms with Crippen molar-refractivity contribution in [2.45, 2.75) is 46.0 Å². The van der Waals surface area contributed by atoms with Gasteiger partial charge in [0.25, 0.3) is 0 Å². The minimum absolute atomic E-state index is 0.195. The number of fused-ring (bicyclic) bond motifs is 1. The lowest BCUT2D eigenvalue weighted by molar-refractivity contribution is -0.144. The molecule has 0 heterocycles. The van der Waals surface area contributed by atoms with Gasteiger partial charge in [0.2, 0.25) is 0 Å². The maximum absolute atomic E-state index is 11.4.